The van der Waals surface area contributed by atoms with E-state index in [0.717, 1.165) is 114 Å². The largest absolute Gasteiger partial charge is 0.472 e. The van der Waals surface area contributed by atoms with Crippen molar-refractivity contribution in [3.63, 3.8) is 0 Å². The lowest BCUT2D eigenvalue weighted by Gasteiger charge is -2.21. The van der Waals surface area contributed by atoms with Gasteiger partial charge in [-0.1, -0.05) is 319 Å². The van der Waals surface area contributed by atoms with Gasteiger partial charge in [-0.25, -0.2) is 9.13 Å². The topological polar surface area (TPSA) is 237 Å². The first-order valence-corrected chi connectivity index (χ1v) is 41.3. The molecule has 0 amide bonds. The Morgan fingerprint density at radius 2 is 0.516 bits per heavy atom. The number of aliphatic hydroxyl groups is 1. The number of carbonyl (C=O) groups excluding carboxylic acids is 4. The minimum absolute atomic E-state index is 0.101. The SMILES string of the molecule is CCC(C)CCCCCCCCCCCCCCCCCCCCC(=O)OC[C@H](COP(=O)(O)OC[C@@H](O)COP(=O)(O)OC[C@@H](COC(=O)CCCCCCCCC(C)CC)OC(=O)CCCCCCCCC(C)C)OC(=O)CCCCCCCCCCC(C)CC. The van der Waals surface area contributed by atoms with Gasteiger partial charge in [-0.2, -0.15) is 0 Å². The lowest BCUT2D eigenvalue weighted by Crippen LogP contribution is -2.30. The van der Waals surface area contributed by atoms with Crippen LogP contribution in [0, 0.1) is 23.7 Å². The third-order valence-electron chi connectivity index (χ3n) is 18.2. The predicted molar refractivity (Wildman–Crippen MR) is 377 cm³/mol. The van der Waals surface area contributed by atoms with Crippen molar-refractivity contribution in [3.05, 3.63) is 0 Å². The third-order valence-corrected chi connectivity index (χ3v) is 20.1. The molecule has 93 heavy (non-hydrogen) atoms. The molecule has 0 aliphatic heterocycles. The first-order chi connectivity index (χ1) is 44.7. The van der Waals surface area contributed by atoms with Crippen LogP contribution in [0.3, 0.4) is 0 Å². The Morgan fingerprint density at radius 1 is 0.301 bits per heavy atom. The van der Waals surface area contributed by atoms with Crippen molar-refractivity contribution in [2.45, 2.75) is 388 Å². The number of unbranched alkanes of at least 4 members (excludes halogenated alkanes) is 34. The summed E-state index contributed by atoms with van der Waals surface area (Å²) in [7, 11) is -9.90. The molecule has 552 valence electrons. The highest BCUT2D eigenvalue weighted by Gasteiger charge is 2.30. The molecule has 0 radical (unpaired) electrons. The number of carbonyl (C=O) groups is 4. The van der Waals surface area contributed by atoms with E-state index in [4.69, 9.17) is 37.0 Å². The van der Waals surface area contributed by atoms with Gasteiger partial charge in [0.05, 0.1) is 26.4 Å². The molecular weight excluding hydrogens is 1220 g/mol. The molecule has 0 fully saturated rings. The maximum Gasteiger partial charge on any atom is 0.472 e. The fraction of sp³-hybridized carbons (Fsp3) is 0.946. The normalized spacial score (nSPS) is 15.1. The van der Waals surface area contributed by atoms with Crippen LogP contribution in [0.5, 0.6) is 0 Å². The van der Waals surface area contributed by atoms with E-state index in [9.17, 15) is 43.2 Å². The maximum absolute atomic E-state index is 13.0. The minimum Gasteiger partial charge on any atom is -0.462 e. The summed E-state index contributed by atoms with van der Waals surface area (Å²) in [6.07, 6.45) is 47.5. The first kappa shape index (κ1) is 91.1. The fourth-order valence-electron chi connectivity index (χ4n) is 11.1. The number of ether oxygens (including phenoxy) is 4. The lowest BCUT2D eigenvalue weighted by molar-refractivity contribution is -0.161. The Bertz CT molecular complexity index is 1840. The first-order valence-electron chi connectivity index (χ1n) is 38.3. The highest BCUT2D eigenvalue weighted by molar-refractivity contribution is 7.47. The molecule has 0 aromatic heterocycles. The van der Waals surface area contributed by atoms with Crippen LogP contribution < -0.4 is 0 Å². The minimum atomic E-state index is -4.96. The molecule has 19 heteroatoms. The molecule has 8 atom stereocenters. The number of rotatable bonds is 71. The molecule has 5 unspecified atom stereocenters. The van der Waals surface area contributed by atoms with E-state index in [0.29, 0.717) is 31.6 Å². The molecule has 0 aromatic rings. The Hall–Kier alpha value is -1.94. The van der Waals surface area contributed by atoms with E-state index in [1.165, 1.54) is 167 Å². The summed E-state index contributed by atoms with van der Waals surface area (Å²) in [6.45, 7) is 14.1. The van der Waals surface area contributed by atoms with Gasteiger partial charge in [-0.05, 0) is 49.4 Å². The third kappa shape index (κ3) is 64.5. The van der Waals surface area contributed by atoms with Gasteiger partial charge in [-0.3, -0.25) is 37.3 Å². The summed E-state index contributed by atoms with van der Waals surface area (Å²) >= 11 is 0. The van der Waals surface area contributed by atoms with Gasteiger partial charge in [0.2, 0.25) is 0 Å². The fourth-order valence-corrected chi connectivity index (χ4v) is 12.7. The average molecular weight is 1370 g/mol. The Morgan fingerprint density at radius 3 is 0.763 bits per heavy atom. The molecule has 0 spiro atoms. The Kier molecular flexibility index (Phi) is 62.2. The van der Waals surface area contributed by atoms with Gasteiger partial charge in [0.15, 0.2) is 12.2 Å². The lowest BCUT2D eigenvalue weighted by atomic mass is 9.99. The molecule has 0 aliphatic rings. The summed E-state index contributed by atoms with van der Waals surface area (Å²) in [5.74, 6) is 0.911. The molecular formula is C74H144O17P2. The Balaban J connectivity index is 5.14. The van der Waals surface area contributed by atoms with Crippen LogP contribution in [0.4, 0.5) is 0 Å². The second kappa shape index (κ2) is 63.5. The quantitative estimate of drug-likeness (QED) is 0.0222. The van der Waals surface area contributed by atoms with Crippen LogP contribution in [0.1, 0.15) is 370 Å². The van der Waals surface area contributed by atoms with Crippen LogP contribution >= 0.6 is 15.6 Å². The van der Waals surface area contributed by atoms with E-state index in [-0.39, 0.29) is 25.7 Å². The highest BCUT2D eigenvalue weighted by atomic mass is 31.2. The second-order valence-corrected chi connectivity index (χ2v) is 30.8. The van der Waals surface area contributed by atoms with Crippen LogP contribution in [-0.2, 0) is 65.4 Å². The van der Waals surface area contributed by atoms with Crippen molar-refractivity contribution in [3.8, 4) is 0 Å². The van der Waals surface area contributed by atoms with Gasteiger partial charge in [0.25, 0.3) is 0 Å². The van der Waals surface area contributed by atoms with E-state index in [1.54, 1.807) is 0 Å². The molecule has 0 saturated heterocycles. The number of esters is 4. The van der Waals surface area contributed by atoms with E-state index < -0.39 is 97.5 Å². The van der Waals surface area contributed by atoms with Gasteiger partial charge < -0.3 is 33.8 Å². The van der Waals surface area contributed by atoms with Crippen LogP contribution in [0.25, 0.3) is 0 Å². The summed E-state index contributed by atoms with van der Waals surface area (Å²) in [5.41, 5.74) is 0. The molecule has 0 saturated carbocycles. The van der Waals surface area contributed by atoms with Crippen molar-refractivity contribution in [1.82, 2.24) is 0 Å². The number of phosphoric acid groups is 2. The van der Waals surface area contributed by atoms with Crippen LogP contribution in [-0.4, -0.2) is 96.7 Å². The van der Waals surface area contributed by atoms with Crippen molar-refractivity contribution in [2.75, 3.05) is 39.6 Å². The molecule has 0 aliphatic carbocycles. The van der Waals surface area contributed by atoms with Gasteiger partial charge in [0, 0.05) is 25.7 Å². The average Bonchev–Trinajstić information content (AvgIpc) is 2.86. The smallest absolute Gasteiger partial charge is 0.462 e. The van der Waals surface area contributed by atoms with Gasteiger partial charge in [0.1, 0.15) is 19.3 Å². The van der Waals surface area contributed by atoms with E-state index >= 15 is 0 Å². The van der Waals surface area contributed by atoms with Crippen molar-refractivity contribution in [1.29, 1.82) is 0 Å². The zero-order valence-corrected chi connectivity index (χ0v) is 62.7. The molecule has 0 aromatic carbocycles. The number of phosphoric ester groups is 2. The van der Waals surface area contributed by atoms with Crippen LogP contribution in [0.15, 0.2) is 0 Å². The molecule has 0 bridgehead atoms. The zero-order chi connectivity index (χ0) is 68.9. The van der Waals surface area contributed by atoms with Gasteiger partial charge in [-0.15, -0.1) is 0 Å². The summed E-state index contributed by atoms with van der Waals surface area (Å²) in [4.78, 5) is 72.6. The van der Waals surface area contributed by atoms with Crippen molar-refractivity contribution < 1.29 is 80.2 Å². The Labute approximate surface area is 568 Å². The standard InChI is InChI=1S/C74H144O17P2/c1-9-65(6)51-43-35-26-22-20-18-16-14-12-13-15-17-19-21-23-28-38-46-54-71(76)84-60-69(90-73(78)56-48-40-29-25-24-27-36-44-52-66(7)10-2)62-88-92(80,81)86-58-68(75)59-87-93(82,83)89-63-70(91-74(79)57-49-41-32-30-34-42-50-64(4)5)61-85-72(77)55-47-39-33-31-37-45-53-67(8)11-3/h64-70,75H,9-63H2,1-8H3,(H,80,81)(H,82,83)/t65?,66?,67?,68-,69-,70-/m1/s1. The van der Waals surface area contributed by atoms with Gasteiger partial charge >= 0.3 is 39.5 Å². The molecule has 3 N–H and O–H groups in total. The number of hydrogen-bond donors (Lipinski definition) is 3. The second-order valence-electron chi connectivity index (χ2n) is 27.9. The van der Waals surface area contributed by atoms with Crippen molar-refractivity contribution in [2.24, 2.45) is 23.7 Å². The molecule has 17 nitrogen and oxygen atoms in total. The summed E-state index contributed by atoms with van der Waals surface area (Å²) in [5, 5.41) is 10.6. The summed E-state index contributed by atoms with van der Waals surface area (Å²) in [6, 6.07) is 0. The van der Waals surface area contributed by atoms with E-state index in [2.05, 4.69) is 55.4 Å². The van der Waals surface area contributed by atoms with E-state index in [1.807, 2.05) is 0 Å². The van der Waals surface area contributed by atoms with Crippen molar-refractivity contribution >= 4 is 39.5 Å². The zero-order valence-electron chi connectivity index (χ0n) is 60.9. The number of aliphatic hydroxyl groups excluding tert-OH is 1. The van der Waals surface area contributed by atoms with Crippen LogP contribution in [0.2, 0.25) is 0 Å². The molecule has 0 heterocycles. The monoisotopic (exact) mass is 1370 g/mol. The highest BCUT2D eigenvalue weighted by Crippen LogP contribution is 2.45. The molecule has 0 rings (SSSR count). The number of hydrogen-bond acceptors (Lipinski definition) is 15. The summed E-state index contributed by atoms with van der Waals surface area (Å²) < 4.78 is 68.3. The predicted octanol–water partition coefficient (Wildman–Crippen LogP) is 21.3. The maximum atomic E-state index is 13.0.